The maximum atomic E-state index is 5.93. The van der Waals surface area contributed by atoms with E-state index in [1.807, 2.05) is 44.2 Å². The lowest BCUT2D eigenvalue weighted by Crippen LogP contribution is -2.45. The van der Waals surface area contributed by atoms with Crippen molar-refractivity contribution >= 4 is 29.9 Å². The first-order valence-corrected chi connectivity index (χ1v) is 8.04. The average molecular weight is 457 g/mol. The third kappa shape index (κ3) is 5.04. The van der Waals surface area contributed by atoms with Crippen molar-refractivity contribution in [3.63, 3.8) is 0 Å². The predicted molar refractivity (Wildman–Crippen MR) is 108 cm³/mol. The number of para-hydroxylation sites is 2. The summed E-state index contributed by atoms with van der Waals surface area (Å²) in [5.41, 5.74) is 1.13. The molecule has 0 saturated heterocycles. The van der Waals surface area contributed by atoms with Crippen LogP contribution in [-0.4, -0.2) is 32.3 Å². The summed E-state index contributed by atoms with van der Waals surface area (Å²) >= 11 is 0. The molecule has 1 atom stereocenters. The fourth-order valence-corrected chi connectivity index (χ4v) is 2.63. The van der Waals surface area contributed by atoms with E-state index >= 15 is 0 Å². The lowest BCUT2D eigenvalue weighted by molar-refractivity contribution is 0.0936. The third-order valence-corrected chi connectivity index (χ3v) is 3.88. The zero-order valence-corrected chi connectivity index (χ0v) is 17.0. The van der Waals surface area contributed by atoms with Crippen LogP contribution < -0.4 is 20.1 Å². The molecule has 0 radical (unpaired) electrons. The van der Waals surface area contributed by atoms with Gasteiger partial charge in [0.15, 0.2) is 17.5 Å². The van der Waals surface area contributed by atoms with Gasteiger partial charge in [0.2, 0.25) is 0 Å². The number of guanidine groups is 1. The Hall–Kier alpha value is -1.90. The van der Waals surface area contributed by atoms with E-state index in [0.29, 0.717) is 19.7 Å². The number of rotatable bonds is 4. The molecule has 6 nitrogen and oxygen atoms in total. The van der Waals surface area contributed by atoms with Gasteiger partial charge in [-0.1, -0.05) is 12.1 Å². The van der Waals surface area contributed by atoms with Gasteiger partial charge in [0, 0.05) is 19.2 Å². The molecule has 1 aliphatic heterocycles. The van der Waals surface area contributed by atoms with E-state index in [4.69, 9.17) is 13.9 Å². The molecule has 0 spiro atoms. The van der Waals surface area contributed by atoms with E-state index in [0.717, 1.165) is 34.5 Å². The van der Waals surface area contributed by atoms with Crippen LogP contribution in [0.2, 0.25) is 0 Å². The molecule has 7 heteroatoms. The third-order valence-electron chi connectivity index (χ3n) is 3.88. The van der Waals surface area contributed by atoms with E-state index < -0.39 is 0 Å². The van der Waals surface area contributed by atoms with Crippen molar-refractivity contribution in [1.29, 1.82) is 0 Å². The molecule has 2 heterocycles. The molecule has 2 N–H and O–H groups in total. The number of fused-ring (bicyclic) bond motifs is 1. The molecule has 3 rings (SSSR count). The Bertz CT molecular complexity index is 730. The normalized spacial score (nSPS) is 16.1. The molecule has 0 saturated carbocycles. The highest BCUT2D eigenvalue weighted by Crippen LogP contribution is 2.30. The number of nitrogens with zero attached hydrogens (tertiary/aromatic N) is 1. The van der Waals surface area contributed by atoms with Crippen LogP contribution in [0.1, 0.15) is 17.1 Å². The van der Waals surface area contributed by atoms with Gasteiger partial charge in [-0.3, -0.25) is 4.99 Å². The topological polar surface area (TPSA) is 68.0 Å². The number of halogens is 1. The number of ether oxygens (including phenoxy) is 2. The van der Waals surface area contributed by atoms with Crippen LogP contribution in [0.4, 0.5) is 0 Å². The Morgan fingerprint density at radius 1 is 1.20 bits per heavy atom. The van der Waals surface area contributed by atoms with Crippen LogP contribution >= 0.6 is 24.0 Å². The monoisotopic (exact) mass is 457 g/mol. The minimum absolute atomic E-state index is 0. The van der Waals surface area contributed by atoms with E-state index in [9.17, 15) is 0 Å². The Balaban J connectivity index is 0.00000225. The molecule has 0 fully saturated rings. The number of hydrogen-bond donors (Lipinski definition) is 2. The van der Waals surface area contributed by atoms with Gasteiger partial charge in [0.05, 0.1) is 6.54 Å². The second-order valence-electron chi connectivity index (χ2n) is 5.74. The van der Waals surface area contributed by atoms with Crippen molar-refractivity contribution in [2.75, 3.05) is 20.2 Å². The molecule has 1 aromatic heterocycles. The maximum Gasteiger partial charge on any atom is 0.191 e. The highest BCUT2D eigenvalue weighted by molar-refractivity contribution is 14.0. The van der Waals surface area contributed by atoms with Crippen molar-refractivity contribution < 1.29 is 13.9 Å². The van der Waals surface area contributed by atoms with Crippen LogP contribution in [0, 0.1) is 13.8 Å². The zero-order chi connectivity index (χ0) is 16.9. The minimum atomic E-state index is -0.0589. The van der Waals surface area contributed by atoms with Gasteiger partial charge in [-0.15, -0.1) is 24.0 Å². The van der Waals surface area contributed by atoms with Crippen molar-refractivity contribution in [3.05, 3.63) is 47.4 Å². The van der Waals surface area contributed by atoms with Gasteiger partial charge >= 0.3 is 0 Å². The number of aryl methyl sites for hydroxylation is 2. The molecule has 0 amide bonds. The highest BCUT2D eigenvalue weighted by atomic mass is 127. The molecule has 1 aromatic carbocycles. The average Bonchev–Trinajstić information content (AvgIpc) is 2.92. The van der Waals surface area contributed by atoms with Gasteiger partial charge in [0.1, 0.15) is 24.2 Å². The first-order chi connectivity index (χ1) is 11.7. The molecular weight excluding hydrogens is 433 g/mol. The van der Waals surface area contributed by atoms with Crippen molar-refractivity contribution in [1.82, 2.24) is 10.6 Å². The van der Waals surface area contributed by atoms with Crippen LogP contribution in [0.5, 0.6) is 11.5 Å². The van der Waals surface area contributed by atoms with Crippen molar-refractivity contribution in [2.45, 2.75) is 26.5 Å². The van der Waals surface area contributed by atoms with E-state index in [2.05, 4.69) is 15.6 Å². The number of furan rings is 1. The zero-order valence-electron chi connectivity index (χ0n) is 14.7. The van der Waals surface area contributed by atoms with E-state index in [1.165, 1.54) is 0 Å². The Labute approximate surface area is 165 Å². The second kappa shape index (κ2) is 8.98. The molecular formula is C18H24IN3O3. The molecule has 25 heavy (non-hydrogen) atoms. The van der Waals surface area contributed by atoms with E-state index in [1.54, 1.807) is 7.05 Å². The van der Waals surface area contributed by atoms with Crippen LogP contribution in [0.25, 0.3) is 0 Å². The standard InChI is InChI=1S/C18H23N3O3.HI/c1-12-8-14(13(2)23-12)9-20-18(19-3)21-10-15-11-22-16-6-4-5-7-17(16)24-15;/h4-8,15H,9-11H2,1-3H3,(H2,19,20,21);1H. The van der Waals surface area contributed by atoms with E-state index in [-0.39, 0.29) is 30.1 Å². The Morgan fingerprint density at radius 2 is 1.96 bits per heavy atom. The lowest BCUT2D eigenvalue weighted by Gasteiger charge is -2.27. The molecule has 136 valence electrons. The second-order valence-corrected chi connectivity index (χ2v) is 5.74. The van der Waals surface area contributed by atoms with Crippen LogP contribution in [0.3, 0.4) is 0 Å². The largest absolute Gasteiger partial charge is 0.486 e. The summed E-state index contributed by atoms with van der Waals surface area (Å²) in [6.45, 7) is 5.69. The molecule has 1 unspecified atom stereocenters. The Kier molecular flexibility index (Phi) is 6.98. The summed E-state index contributed by atoms with van der Waals surface area (Å²) in [5, 5.41) is 6.55. The summed E-state index contributed by atoms with van der Waals surface area (Å²) in [5.74, 6) is 4.13. The van der Waals surface area contributed by atoms with Crippen molar-refractivity contribution in [2.24, 2.45) is 4.99 Å². The van der Waals surface area contributed by atoms with Gasteiger partial charge in [-0.25, -0.2) is 0 Å². The summed E-state index contributed by atoms with van der Waals surface area (Å²) in [4.78, 5) is 4.24. The smallest absolute Gasteiger partial charge is 0.191 e. The summed E-state index contributed by atoms with van der Waals surface area (Å²) in [7, 11) is 1.75. The van der Waals surface area contributed by atoms with Gasteiger partial charge in [0.25, 0.3) is 0 Å². The number of aliphatic imine (C=N–C) groups is 1. The summed E-state index contributed by atoms with van der Waals surface area (Å²) < 4.78 is 17.2. The van der Waals surface area contributed by atoms with Gasteiger partial charge in [-0.2, -0.15) is 0 Å². The highest BCUT2D eigenvalue weighted by Gasteiger charge is 2.20. The summed E-state index contributed by atoms with van der Waals surface area (Å²) in [6.07, 6.45) is -0.0589. The molecule has 0 bridgehead atoms. The number of hydrogen-bond acceptors (Lipinski definition) is 4. The number of nitrogens with one attached hydrogen (secondary N) is 2. The first kappa shape index (κ1) is 19.4. The quantitative estimate of drug-likeness (QED) is 0.420. The van der Waals surface area contributed by atoms with Gasteiger partial charge < -0.3 is 24.5 Å². The summed E-state index contributed by atoms with van der Waals surface area (Å²) in [6, 6.07) is 9.73. The van der Waals surface area contributed by atoms with Crippen LogP contribution in [-0.2, 0) is 6.54 Å². The first-order valence-electron chi connectivity index (χ1n) is 8.04. The molecule has 0 aliphatic carbocycles. The Morgan fingerprint density at radius 3 is 2.64 bits per heavy atom. The fraction of sp³-hybridized carbons (Fsp3) is 0.389. The molecule has 2 aromatic rings. The predicted octanol–water partition coefficient (Wildman–Crippen LogP) is 3.02. The van der Waals surface area contributed by atoms with Gasteiger partial charge in [-0.05, 0) is 32.0 Å². The molecule has 1 aliphatic rings. The minimum Gasteiger partial charge on any atom is -0.486 e. The maximum absolute atomic E-state index is 5.93. The number of benzene rings is 1. The van der Waals surface area contributed by atoms with Crippen molar-refractivity contribution in [3.8, 4) is 11.5 Å². The lowest BCUT2D eigenvalue weighted by atomic mass is 10.2. The fourth-order valence-electron chi connectivity index (χ4n) is 2.63. The SMILES string of the molecule is CN=C(NCc1cc(C)oc1C)NCC1COc2ccccc2O1.I. The van der Waals surface area contributed by atoms with Crippen LogP contribution in [0.15, 0.2) is 39.7 Å².